The number of fused-ring (bicyclic) bond motifs is 1. The molecule has 0 aromatic carbocycles. The van der Waals surface area contributed by atoms with E-state index in [1.165, 1.54) is 62.6 Å². The summed E-state index contributed by atoms with van der Waals surface area (Å²) in [5.41, 5.74) is 2.62. The fourth-order valence-electron chi connectivity index (χ4n) is 3.49. The average molecular weight is 302 g/mol. The predicted octanol–water partition coefficient (Wildman–Crippen LogP) is 4.36. The number of anilines is 1. The van der Waals surface area contributed by atoms with E-state index in [0.29, 0.717) is 6.10 Å². The number of nitrogens with zero attached hydrogens (tertiary/aromatic N) is 1. The van der Waals surface area contributed by atoms with Gasteiger partial charge in [0.05, 0.1) is 6.10 Å². The highest BCUT2D eigenvalue weighted by molar-refractivity contribution is 5.46. The van der Waals surface area contributed by atoms with Gasteiger partial charge in [0.25, 0.3) is 0 Å². The third-order valence-electron chi connectivity index (χ3n) is 5.15. The van der Waals surface area contributed by atoms with Gasteiger partial charge in [-0.25, -0.2) is 4.98 Å². The van der Waals surface area contributed by atoms with E-state index in [4.69, 9.17) is 9.72 Å². The number of nitrogens with one attached hydrogen (secondary N) is 1. The summed E-state index contributed by atoms with van der Waals surface area (Å²) in [7, 11) is 0. The molecule has 0 unspecified atom stereocenters. The van der Waals surface area contributed by atoms with Crippen LogP contribution >= 0.6 is 0 Å². The summed E-state index contributed by atoms with van der Waals surface area (Å²) in [6.45, 7) is 4.30. The first-order chi connectivity index (χ1) is 10.8. The lowest BCUT2D eigenvalue weighted by molar-refractivity contribution is -0.0324. The van der Waals surface area contributed by atoms with Crippen molar-refractivity contribution in [3.05, 3.63) is 23.4 Å². The van der Waals surface area contributed by atoms with E-state index in [0.717, 1.165) is 31.3 Å². The molecular weight excluding hydrogens is 272 g/mol. The van der Waals surface area contributed by atoms with Gasteiger partial charge in [-0.2, -0.15) is 0 Å². The van der Waals surface area contributed by atoms with Gasteiger partial charge in [0, 0.05) is 18.8 Å². The van der Waals surface area contributed by atoms with Crippen molar-refractivity contribution in [2.75, 3.05) is 18.5 Å². The van der Waals surface area contributed by atoms with Crippen LogP contribution < -0.4 is 5.32 Å². The fourth-order valence-corrected chi connectivity index (χ4v) is 3.49. The lowest BCUT2D eigenvalue weighted by Gasteiger charge is -2.34. The zero-order valence-electron chi connectivity index (χ0n) is 13.9. The number of hydrogen-bond donors (Lipinski definition) is 1. The average Bonchev–Trinajstić information content (AvgIpc) is 2.52. The highest BCUT2D eigenvalue weighted by atomic mass is 16.5. The first-order valence-electron chi connectivity index (χ1n) is 9.19. The van der Waals surface area contributed by atoms with Gasteiger partial charge in [-0.05, 0) is 62.5 Å². The van der Waals surface area contributed by atoms with Gasteiger partial charge in [0.1, 0.15) is 5.82 Å². The summed E-state index contributed by atoms with van der Waals surface area (Å²) in [6, 6.07) is 4.47. The second kappa shape index (κ2) is 7.96. The zero-order valence-corrected chi connectivity index (χ0v) is 13.9. The molecular formula is C19H30N2O. The van der Waals surface area contributed by atoms with Gasteiger partial charge < -0.3 is 10.1 Å². The van der Waals surface area contributed by atoms with Crippen molar-refractivity contribution < 1.29 is 4.74 Å². The Morgan fingerprint density at radius 1 is 1.23 bits per heavy atom. The summed E-state index contributed by atoms with van der Waals surface area (Å²) >= 11 is 0. The molecule has 1 N–H and O–H groups in total. The Labute approximate surface area is 134 Å². The molecule has 1 aromatic rings. The summed E-state index contributed by atoms with van der Waals surface area (Å²) < 4.78 is 5.91. The van der Waals surface area contributed by atoms with E-state index in [-0.39, 0.29) is 0 Å². The van der Waals surface area contributed by atoms with Crippen molar-refractivity contribution in [1.82, 2.24) is 4.98 Å². The molecule has 1 saturated carbocycles. The van der Waals surface area contributed by atoms with Crippen LogP contribution in [0.3, 0.4) is 0 Å². The van der Waals surface area contributed by atoms with E-state index >= 15 is 0 Å². The van der Waals surface area contributed by atoms with Crippen LogP contribution in [0.1, 0.15) is 63.1 Å². The minimum atomic E-state index is 0.568. The van der Waals surface area contributed by atoms with Gasteiger partial charge in [-0.1, -0.05) is 25.8 Å². The molecule has 122 valence electrons. The Kier molecular flexibility index (Phi) is 5.71. The maximum absolute atomic E-state index is 5.91. The quantitative estimate of drug-likeness (QED) is 0.725. The van der Waals surface area contributed by atoms with Crippen LogP contribution in [0, 0.1) is 5.92 Å². The molecule has 0 bridgehead atoms. The number of aryl methyl sites for hydroxylation is 2. The highest BCUT2D eigenvalue weighted by Crippen LogP contribution is 2.32. The van der Waals surface area contributed by atoms with E-state index in [9.17, 15) is 0 Å². The smallest absolute Gasteiger partial charge is 0.129 e. The van der Waals surface area contributed by atoms with Crippen LogP contribution in [-0.4, -0.2) is 24.2 Å². The van der Waals surface area contributed by atoms with Crippen LogP contribution in [0.25, 0.3) is 0 Å². The van der Waals surface area contributed by atoms with E-state index < -0.39 is 0 Å². The van der Waals surface area contributed by atoms with Crippen LogP contribution in [0.15, 0.2) is 12.1 Å². The molecule has 3 heteroatoms. The van der Waals surface area contributed by atoms with Crippen LogP contribution in [0.2, 0.25) is 0 Å². The first kappa shape index (κ1) is 15.8. The number of rotatable bonds is 8. The van der Waals surface area contributed by atoms with Crippen LogP contribution in [0.5, 0.6) is 0 Å². The van der Waals surface area contributed by atoms with Crippen molar-refractivity contribution in [1.29, 1.82) is 0 Å². The molecule has 0 radical (unpaired) electrons. The Hall–Kier alpha value is -1.09. The largest absolute Gasteiger partial charge is 0.378 e. The predicted molar refractivity (Wildman–Crippen MR) is 91.4 cm³/mol. The molecule has 0 amide bonds. The number of unbranched alkanes of at least 4 members (excludes halogenated alkanes) is 2. The van der Waals surface area contributed by atoms with Gasteiger partial charge in [-0.3, -0.25) is 0 Å². The van der Waals surface area contributed by atoms with Crippen molar-refractivity contribution in [2.45, 2.75) is 70.8 Å². The number of ether oxygens (including phenoxy) is 1. The summed E-state index contributed by atoms with van der Waals surface area (Å²) in [5.74, 6) is 2.07. The van der Waals surface area contributed by atoms with Gasteiger partial charge in [-0.15, -0.1) is 0 Å². The van der Waals surface area contributed by atoms with Crippen molar-refractivity contribution in [2.24, 2.45) is 5.92 Å². The Morgan fingerprint density at radius 3 is 3.00 bits per heavy atom. The third kappa shape index (κ3) is 4.22. The highest BCUT2D eigenvalue weighted by Gasteiger charge is 2.27. The van der Waals surface area contributed by atoms with Crippen molar-refractivity contribution in [3.8, 4) is 0 Å². The molecule has 1 aliphatic heterocycles. The Balaban J connectivity index is 1.27. The van der Waals surface area contributed by atoms with Crippen LogP contribution in [0.4, 0.5) is 5.82 Å². The maximum Gasteiger partial charge on any atom is 0.129 e. The summed E-state index contributed by atoms with van der Waals surface area (Å²) in [5, 5.41) is 3.42. The molecule has 3 nitrogen and oxygen atoms in total. The molecule has 3 rings (SSSR count). The van der Waals surface area contributed by atoms with E-state index in [2.05, 4.69) is 24.4 Å². The number of aromatic nitrogens is 1. The summed E-state index contributed by atoms with van der Waals surface area (Å²) in [6.07, 6.45) is 11.6. The first-order valence-corrected chi connectivity index (χ1v) is 9.19. The molecule has 0 spiro atoms. The molecule has 1 fully saturated rings. The second-order valence-electron chi connectivity index (χ2n) is 6.89. The van der Waals surface area contributed by atoms with Gasteiger partial charge >= 0.3 is 0 Å². The maximum atomic E-state index is 5.91. The van der Waals surface area contributed by atoms with Crippen LogP contribution in [-0.2, 0) is 17.6 Å². The summed E-state index contributed by atoms with van der Waals surface area (Å²) in [4.78, 5) is 4.76. The van der Waals surface area contributed by atoms with Gasteiger partial charge in [0.15, 0.2) is 0 Å². The Morgan fingerprint density at radius 2 is 2.14 bits per heavy atom. The molecule has 2 heterocycles. The molecule has 22 heavy (non-hydrogen) atoms. The third-order valence-corrected chi connectivity index (χ3v) is 5.15. The second-order valence-corrected chi connectivity index (χ2v) is 6.89. The zero-order chi connectivity index (χ0) is 15.2. The molecule has 2 aliphatic rings. The SMILES string of the molecule is CCC1CC(OCCCCCc2ccc3c(n2)NCCC3)C1. The standard InChI is InChI=1S/C19H30N2O/c1-2-15-13-18(14-15)22-12-5-3-4-8-17-10-9-16-7-6-11-20-19(16)21-17/h9-10,15,18H,2-8,11-14H2,1H3,(H,20,21). The fraction of sp³-hybridized carbons (Fsp3) is 0.737. The molecule has 0 saturated heterocycles. The lowest BCUT2D eigenvalue weighted by atomic mass is 9.80. The van der Waals surface area contributed by atoms with E-state index in [1.807, 2.05) is 0 Å². The van der Waals surface area contributed by atoms with Crippen molar-refractivity contribution >= 4 is 5.82 Å². The lowest BCUT2D eigenvalue weighted by Crippen LogP contribution is -2.31. The Bertz CT molecular complexity index is 469. The number of pyridine rings is 1. The van der Waals surface area contributed by atoms with Gasteiger partial charge in [0.2, 0.25) is 0 Å². The normalized spacial score (nSPS) is 23.5. The number of hydrogen-bond acceptors (Lipinski definition) is 3. The topological polar surface area (TPSA) is 34.1 Å². The van der Waals surface area contributed by atoms with Crippen molar-refractivity contribution in [3.63, 3.8) is 0 Å². The molecule has 0 atom stereocenters. The molecule has 1 aliphatic carbocycles. The van der Waals surface area contributed by atoms with E-state index in [1.54, 1.807) is 0 Å². The minimum Gasteiger partial charge on any atom is -0.378 e. The monoisotopic (exact) mass is 302 g/mol. The molecule has 1 aromatic heterocycles. The minimum absolute atomic E-state index is 0.568.